The lowest BCUT2D eigenvalue weighted by Gasteiger charge is -2.36. The second kappa shape index (κ2) is 14.0. The predicted octanol–water partition coefficient (Wildman–Crippen LogP) is 6.21. The normalized spacial score (nSPS) is 18.7. The van der Waals surface area contributed by atoms with E-state index in [9.17, 15) is 14.7 Å². The van der Waals surface area contributed by atoms with Crippen LogP contribution in [-0.2, 0) is 25.6 Å². The van der Waals surface area contributed by atoms with Crippen LogP contribution >= 0.6 is 11.8 Å². The fourth-order valence-electron chi connectivity index (χ4n) is 4.06. The van der Waals surface area contributed by atoms with Crippen LogP contribution in [0.2, 0.25) is 0 Å². The number of carbonyl (C=O) groups is 2. The second-order valence-electron chi connectivity index (χ2n) is 9.00. The van der Waals surface area contributed by atoms with Crippen LogP contribution in [0, 0.1) is 0 Å². The number of nitrogens with one attached hydrogen (secondary N) is 2. The summed E-state index contributed by atoms with van der Waals surface area (Å²) in [5, 5.41) is 14.9. The summed E-state index contributed by atoms with van der Waals surface area (Å²) in [6, 6.07) is 22.7. The van der Waals surface area contributed by atoms with Gasteiger partial charge in [-0.1, -0.05) is 49.1 Å². The molecule has 8 nitrogen and oxygen atoms in total. The first-order valence-electron chi connectivity index (χ1n) is 12.6. The Morgan fingerprint density at radius 2 is 1.62 bits per heavy atom. The molecule has 0 bridgehead atoms. The van der Waals surface area contributed by atoms with E-state index in [4.69, 9.17) is 14.2 Å². The van der Waals surface area contributed by atoms with E-state index < -0.39 is 12.4 Å². The number of thioether (sulfide) groups is 1. The minimum absolute atomic E-state index is 0.0148. The first-order chi connectivity index (χ1) is 18.9. The highest BCUT2D eigenvalue weighted by molar-refractivity contribution is 7.99. The molecule has 0 radical (unpaired) electrons. The van der Waals surface area contributed by atoms with Gasteiger partial charge in [0.15, 0.2) is 6.29 Å². The third-order valence-electron chi connectivity index (χ3n) is 5.99. The summed E-state index contributed by atoms with van der Waals surface area (Å²) in [4.78, 5) is 24.2. The number of benzene rings is 3. The molecule has 1 fully saturated rings. The molecule has 3 aromatic rings. The van der Waals surface area contributed by atoms with Gasteiger partial charge in [0.1, 0.15) is 6.61 Å². The maximum Gasteiger partial charge on any atom is 0.411 e. The zero-order valence-corrected chi connectivity index (χ0v) is 22.5. The number of ether oxygens (including phenoxy) is 3. The van der Waals surface area contributed by atoms with Crippen LogP contribution in [0.4, 0.5) is 16.2 Å². The van der Waals surface area contributed by atoms with Crippen molar-refractivity contribution in [2.75, 3.05) is 23.0 Å². The molecule has 9 heteroatoms. The van der Waals surface area contributed by atoms with Gasteiger partial charge in [0.05, 0.1) is 18.8 Å². The molecule has 3 aromatic carbocycles. The maximum absolute atomic E-state index is 11.8. The molecule has 1 aliphatic rings. The minimum atomic E-state index is -0.601. The van der Waals surface area contributed by atoms with Gasteiger partial charge < -0.3 is 24.6 Å². The molecule has 0 aliphatic carbocycles. The van der Waals surface area contributed by atoms with Gasteiger partial charge in [0.2, 0.25) is 5.91 Å². The van der Waals surface area contributed by atoms with E-state index in [1.165, 1.54) is 13.0 Å². The molecule has 0 saturated carbocycles. The van der Waals surface area contributed by atoms with Crippen molar-refractivity contribution in [3.8, 4) is 0 Å². The summed E-state index contributed by atoms with van der Waals surface area (Å²) in [5.41, 5.74) is 4.03. The Morgan fingerprint density at radius 1 is 0.974 bits per heavy atom. The topological polar surface area (TPSA) is 106 Å². The van der Waals surface area contributed by atoms with E-state index in [1.807, 2.05) is 60.7 Å². The first kappa shape index (κ1) is 28.4. The number of anilines is 2. The summed E-state index contributed by atoms with van der Waals surface area (Å²) in [6.07, 6.45) is 0.718. The minimum Gasteiger partial charge on any atom is -0.445 e. The van der Waals surface area contributed by atoms with Crippen LogP contribution in [0.5, 0.6) is 0 Å². The van der Waals surface area contributed by atoms with Gasteiger partial charge in [-0.15, -0.1) is 11.8 Å². The fourth-order valence-corrected chi connectivity index (χ4v) is 4.98. The summed E-state index contributed by atoms with van der Waals surface area (Å²) in [5.74, 6) is 0.603. The highest BCUT2D eigenvalue weighted by Gasteiger charge is 2.32. The zero-order chi connectivity index (χ0) is 27.6. The maximum atomic E-state index is 11.8. The molecule has 1 aliphatic heterocycles. The van der Waals surface area contributed by atoms with Crippen molar-refractivity contribution in [2.45, 2.75) is 43.3 Å². The standard InChI is InChI=1S/C30H32N2O6S/c1-3-16-36-30(35)32-25-10-8-23(9-11-25)29-37-26(17-28(38-29)22-6-4-21(18-33)5-7-22)19-39-27-14-12-24(13-15-27)31-20(2)34/h3-15,26,28-29,33H,1,16-19H2,2H3,(H,31,34)(H,32,35)/t26-,28+,29+/m0/s1. The third-order valence-corrected chi connectivity index (χ3v) is 7.13. The lowest BCUT2D eigenvalue weighted by molar-refractivity contribution is -0.245. The highest BCUT2D eigenvalue weighted by atomic mass is 32.2. The van der Waals surface area contributed by atoms with E-state index in [1.54, 1.807) is 23.9 Å². The van der Waals surface area contributed by atoms with Gasteiger partial charge in [-0.3, -0.25) is 10.1 Å². The smallest absolute Gasteiger partial charge is 0.411 e. The lowest BCUT2D eigenvalue weighted by atomic mass is 10.0. The average molecular weight is 549 g/mol. The SMILES string of the molecule is C=CCOC(=O)Nc1ccc([C@@H]2O[C@H](CSc3ccc(NC(C)=O)cc3)C[C@H](c3ccc(CO)cc3)O2)cc1. The monoisotopic (exact) mass is 548 g/mol. The van der Waals surface area contributed by atoms with Crippen molar-refractivity contribution in [1.29, 1.82) is 0 Å². The molecule has 1 heterocycles. The Morgan fingerprint density at radius 3 is 2.26 bits per heavy atom. The molecule has 0 aromatic heterocycles. The highest BCUT2D eigenvalue weighted by Crippen LogP contribution is 2.39. The molecule has 1 saturated heterocycles. The number of amides is 2. The lowest BCUT2D eigenvalue weighted by Crippen LogP contribution is -2.31. The quantitative estimate of drug-likeness (QED) is 0.204. The van der Waals surface area contributed by atoms with Crippen LogP contribution < -0.4 is 10.6 Å². The number of aliphatic hydroxyl groups excluding tert-OH is 1. The van der Waals surface area contributed by atoms with E-state index in [2.05, 4.69) is 17.2 Å². The van der Waals surface area contributed by atoms with Gasteiger partial charge in [0, 0.05) is 40.9 Å². The van der Waals surface area contributed by atoms with Crippen molar-refractivity contribution < 1.29 is 28.9 Å². The average Bonchev–Trinajstić information content (AvgIpc) is 2.95. The molecule has 4 rings (SSSR count). The molecule has 39 heavy (non-hydrogen) atoms. The Hall–Kier alpha value is -3.63. The van der Waals surface area contributed by atoms with Crippen LogP contribution in [0.3, 0.4) is 0 Å². The third kappa shape index (κ3) is 8.43. The van der Waals surface area contributed by atoms with Crippen LogP contribution in [0.1, 0.15) is 42.4 Å². The summed E-state index contributed by atoms with van der Waals surface area (Å²) < 4.78 is 17.7. The van der Waals surface area contributed by atoms with E-state index >= 15 is 0 Å². The largest absolute Gasteiger partial charge is 0.445 e. The van der Waals surface area contributed by atoms with Crippen molar-refractivity contribution in [1.82, 2.24) is 0 Å². The second-order valence-corrected chi connectivity index (χ2v) is 10.1. The van der Waals surface area contributed by atoms with Gasteiger partial charge in [-0.05, 0) is 47.5 Å². The fraction of sp³-hybridized carbons (Fsp3) is 0.267. The van der Waals surface area contributed by atoms with Gasteiger partial charge >= 0.3 is 6.09 Å². The molecular formula is C30H32N2O6S. The molecule has 204 valence electrons. The Bertz CT molecular complexity index is 1250. The van der Waals surface area contributed by atoms with Crippen molar-refractivity contribution >= 4 is 35.1 Å². The van der Waals surface area contributed by atoms with Gasteiger partial charge in [0.25, 0.3) is 0 Å². The molecule has 0 spiro atoms. The number of hydrogen-bond donors (Lipinski definition) is 3. The van der Waals surface area contributed by atoms with E-state index in [-0.39, 0.29) is 31.3 Å². The summed E-state index contributed by atoms with van der Waals surface area (Å²) in [6.45, 7) is 5.13. The first-order valence-corrected chi connectivity index (χ1v) is 13.6. The number of aliphatic hydroxyl groups is 1. The van der Waals surface area contributed by atoms with E-state index in [0.717, 1.165) is 27.3 Å². The molecule has 3 atom stereocenters. The van der Waals surface area contributed by atoms with Crippen LogP contribution in [0.25, 0.3) is 0 Å². The number of carbonyl (C=O) groups excluding carboxylic acids is 2. The van der Waals surface area contributed by atoms with Crippen LogP contribution in [-0.4, -0.2) is 35.6 Å². The van der Waals surface area contributed by atoms with Crippen molar-refractivity contribution in [2.24, 2.45) is 0 Å². The van der Waals surface area contributed by atoms with Gasteiger partial charge in [-0.2, -0.15) is 0 Å². The van der Waals surface area contributed by atoms with Crippen molar-refractivity contribution in [3.63, 3.8) is 0 Å². The summed E-state index contributed by atoms with van der Waals surface area (Å²) in [7, 11) is 0. The van der Waals surface area contributed by atoms with Crippen molar-refractivity contribution in [3.05, 3.63) is 102 Å². The summed E-state index contributed by atoms with van der Waals surface area (Å²) >= 11 is 1.68. The van der Waals surface area contributed by atoms with E-state index in [0.29, 0.717) is 17.9 Å². The predicted molar refractivity (Wildman–Crippen MR) is 152 cm³/mol. The number of hydrogen-bond acceptors (Lipinski definition) is 7. The van der Waals surface area contributed by atoms with Crippen LogP contribution in [0.15, 0.2) is 90.3 Å². The number of rotatable bonds is 10. The Balaban J connectivity index is 1.46. The van der Waals surface area contributed by atoms with Gasteiger partial charge in [-0.25, -0.2) is 4.79 Å². The molecule has 2 amide bonds. The molecule has 0 unspecified atom stereocenters. The Kier molecular flexibility index (Phi) is 10.2. The zero-order valence-electron chi connectivity index (χ0n) is 21.7. The Labute approximate surface area is 232 Å². The molecule has 3 N–H and O–H groups in total. The molecular weight excluding hydrogens is 516 g/mol.